The number of nitro groups is 1. The summed E-state index contributed by atoms with van der Waals surface area (Å²) < 4.78 is 5.01. The summed E-state index contributed by atoms with van der Waals surface area (Å²) in [4.78, 5) is 25.4. The van der Waals surface area contributed by atoms with E-state index in [1.54, 1.807) is 30.3 Å². The SMILES string of the molecule is O=C(Oc1ccccc1)c1cc([N+](=O)[O-])ccn1. The monoisotopic (exact) mass is 244 g/mol. The van der Waals surface area contributed by atoms with Gasteiger partial charge in [-0.1, -0.05) is 18.2 Å². The van der Waals surface area contributed by atoms with Gasteiger partial charge in [-0.05, 0) is 12.1 Å². The van der Waals surface area contributed by atoms with Gasteiger partial charge in [0.1, 0.15) is 5.75 Å². The summed E-state index contributed by atoms with van der Waals surface area (Å²) in [5, 5.41) is 10.6. The molecule has 6 heteroatoms. The van der Waals surface area contributed by atoms with Gasteiger partial charge in [0.15, 0.2) is 5.69 Å². The van der Waals surface area contributed by atoms with Crippen LogP contribution in [-0.4, -0.2) is 15.9 Å². The van der Waals surface area contributed by atoms with E-state index in [1.165, 1.54) is 12.3 Å². The normalized spacial score (nSPS) is 9.78. The van der Waals surface area contributed by atoms with Gasteiger partial charge in [0.25, 0.3) is 5.69 Å². The first-order chi connectivity index (χ1) is 8.66. The van der Waals surface area contributed by atoms with Crippen LogP contribution < -0.4 is 4.74 Å². The van der Waals surface area contributed by atoms with Crippen molar-refractivity contribution in [1.29, 1.82) is 0 Å². The van der Waals surface area contributed by atoms with E-state index in [4.69, 9.17) is 4.74 Å². The van der Waals surface area contributed by atoms with E-state index in [2.05, 4.69) is 4.98 Å². The predicted octanol–water partition coefficient (Wildman–Crippen LogP) is 2.21. The summed E-state index contributed by atoms with van der Waals surface area (Å²) in [6.07, 6.45) is 1.19. The summed E-state index contributed by atoms with van der Waals surface area (Å²) in [6, 6.07) is 10.7. The van der Waals surface area contributed by atoms with Gasteiger partial charge >= 0.3 is 5.97 Å². The van der Waals surface area contributed by atoms with Crippen LogP contribution in [0, 0.1) is 10.1 Å². The largest absolute Gasteiger partial charge is 0.422 e. The standard InChI is InChI=1S/C12H8N2O4/c15-12(18-10-4-2-1-3-5-10)11-8-9(14(16)17)6-7-13-11/h1-8H. The van der Waals surface area contributed by atoms with E-state index in [1.807, 2.05) is 0 Å². The fraction of sp³-hybridized carbons (Fsp3) is 0. The number of hydrogen-bond donors (Lipinski definition) is 0. The molecule has 0 saturated heterocycles. The van der Waals surface area contributed by atoms with Gasteiger partial charge in [0.2, 0.25) is 0 Å². The smallest absolute Gasteiger partial charge is 0.362 e. The van der Waals surface area contributed by atoms with Crippen molar-refractivity contribution in [1.82, 2.24) is 4.98 Å². The Kier molecular flexibility index (Phi) is 3.29. The Labute approximate surface area is 102 Å². The lowest BCUT2D eigenvalue weighted by Gasteiger charge is -2.02. The molecule has 2 rings (SSSR count). The Morgan fingerprint density at radius 1 is 1.22 bits per heavy atom. The molecule has 2 aromatic rings. The third-order valence-corrected chi connectivity index (χ3v) is 2.12. The van der Waals surface area contributed by atoms with Crippen LogP contribution in [0.5, 0.6) is 5.75 Å². The topological polar surface area (TPSA) is 82.3 Å². The maximum Gasteiger partial charge on any atom is 0.362 e. The van der Waals surface area contributed by atoms with Gasteiger partial charge in [-0.3, -0.25) is 10.1 Å². The van der Waals surface area contributed by atoms with E-state index in [0.717, 1.165) is 6.07 Å². The lowest BCUT2D eigenvalue weighted by Crippen LogP contribution is -2.10. The summed E-state index contributed by atoms with van der Waals surface area (Å²) in [7, 11) is 0. The molecule has 1 aromatic heterocycles. The number of rotatable bonds is 3. The first-order valence-electron chi connectivity index (χ1n) is 5.04. The molecular weight excluding hydrogens is 236 g/mol. The number of carbonyl (C=O) groups is 1. The Balaban J connectivity index is 2.19. The van der Waals surface area contributed by atoms with Gasteiger partial charge in [-0.15, -0.1) is 0 Å². The maximum absolute atomic E-state index is 11.7. The molecule has 0 saturated carbocycles. The lowest BCUT2D eigenvalue weighted by atomic mass is 10.3. The summed E-state index contributed by atoms with van der Waals surface area (Å²) in [5.74, 6) is -0.374. The molecule has 1 aromatic carbocycles. The molecule has 18 heavy (non-hydrogen) atoms. The molecule has 0 atom stereocenters. The van der Waals surface area contributed by atoms with E-state index >= 15 is 0 Å². The molecule has 0 unspecified atom stereocenters. The number of aromatic nitrogens is 1. The number of para-hydroxylation sites is 1. The van der Waals surface area contributed by atoms with Crippen LogP contribution in [0.1, 0.15) is 10.5 Å². The van der Waals surface area contributed by atoms with Crippen LogP contribution in [0.4, 0.5) is 5.69 Å². The highest BCUT2D eigenvalue weighted by Gasteiger charge is 2.14. The molecule has 0 amide bonds. The zero-order valence-corrected chi connectivity index (χ0v) is 9.15. The van der Waals surface area contributed by atoms with Crippen LogP contribution in [0.2, 0.25) is 0 Å². The summed E-state index contributed by atoms with van der Waals surface area (Å²) >= 11 is 0. The number of nitrogens with zero attached hydrogens (tertiary/aromatic N) is 2. The van der Waals surface area contributed by atoms with Crippen molar-refractivity contribution in [3.8, 4) is 5.75 Å². The second-order valence-electron chi connectivity index (χ2n) is 3.36. The number of pyridine rings is 1. The lowest BCUT2D eigenvalue weighted by molar-refractivity contribution is -0.385. The quantitative estimate of drug-likeness (QED) is 0.358. The maximum atomic E-state index is 11.7. The van der Waals surface area contributed by atoms with Crippen molar-refractivity contribution < 1.29 is 14.5 Å². The first-order valence-corrected chi connectivity index (χ1v) is 5.04. The number of ether oxygens (including phenoxy) is 1. The van der Waals surface area contributed by atoms with Crippen molar-refractivity contribution in [2.45, 2.75) is 0 Å². The molecule has 1 heterocycles. The van der Waals surface area contributed by atoms with Crippen LogP contribution >= 0.6 is 0 Å². The van der Waals surface area contributed by atoms with Gasteiger partial charge in [-0.25, -0.2) is 9.78 Å². The zero-order chi connectivity index (χ0) is 13.0. The van der Waals surface area contributed by atoms with E-state index in [-0.39, 0.29) is 11.4 Å². The average molecular weight is 244 g/mol. The third-order valence-electron chi connectivity index (χ3n) is 2.12. The van der Waals surface area contributed by atoms with E-state index in [9.17, 15) is 14.9 Å². The summed E-state index contributed by atoms with van der Waals surface area (Å²) in [6.45, 7) is 0. The second-order valence-corrected chi connectivity index (χ2v) is 3.36. The van der Waals surface area contributed by atoms with Crippen LogP contribution in [0.25, 0.3) is 0 Å². The van der Waals surface area contributed by atoms with Crippen LogP contribution in [0.3, 0.4) is 0 Å². The molecule has 0 spiro atoms. The fourth-order valence-corrected chi connectivity index (χ4v) is 1.29. The highest BCUT2D eigenvalue weighted by Crippen LogP contribution is 2.14. The van der Waals surface area contributed by atoms with Gasteiger partial charge < -0.3 is 4.74 Å². The van der Waals surface area contributed by atoms with Crippen molar-refractivity contribution >= 4 is 11.7 Å². The van der Waals surface area contributed by atoms with Gasteiger partial charge in [0, 0.05) is 18.3 Å². The van der Waals surface area contributed by atoms with E-state index in [0.29, 0.717) is 5.75 Å². The van der Waals surface area contributed by atoms with Gasteiger partial charge in [-0.2, -0.15) is 0 Å². The van der Waals surface area contributed by atoms with Gasteiger partial charge in [0.05, 0.1) is 4.92 Å². The minimum atomic E-state index is -0.732. The Bertz CT molecular complexity index is 584. The third kappa shape index (κ3) is 2.67. The first kappa shape index (κ1) is 11.7. The second kappa shape index (κ2) is 5.05. The minimum absolute atomic E-state index is 0.104. The molecule has 0 radical (unpaired) electrons. The molecule has 0 N–H and O–H groups in total. The molecule has 90 valence electrons. The van der Waals surface area contributed by atoms with Crippen LogP contribution in [0.15, 0.2) is 48.7 Å². The predicted molar refractivity (Wildman–Crippen MR) is 62.3 cm³/mol. The van der Waals surface area contributed by atoms with Crippen LogP contribution in [-0.2, 0) is 0 Å². The molecule has 0 fully saturated rings. The van der Waals surface area contributed by atoms with E-state index < -0.39 is 10.9 Å². The Morgan fingerprint density at radius 3 is 2.61 bits per heavy atom. The highest BCUT2D eigenvalue weighted by molar-refractivity contribution is 5.89. The molecule has 6 nitrogen and oxygen atoms in total. The van der Waals surface area contributed by atoms with Crippen molar-refractivity contribution in [3.05, 3.63) is 64.5 Å². The molecule has 0 bridgehead atoms. The summed E-state index contributed by atoms with van der Waals surface area (Å²) in [5.41, 5.74) is -0.307. The Hall–Kier alpha value is -2.76. The molecule has 0 aliphatic rings. The molecule has 0 aliphatic carbocycles. The number of benzene rings is 1. The van der Waals surface area contributed by atoms with Crippen molar-refractivity contribution in [3.63, 3.8) is 0 Å². The highest BCUT2D eigenvalue weighted by atomic mass is 16.6. The zero-order valence-electron chi connectivity index (χ0n) is 9.15. The Morgan fingerprint density at radius 2 is 1.94 bits per heavy atom. The molecule has 0 aliphatic heterocycles. The number of hydrogen-bond acceptors (Lipinski definition) is 5. The fourth-order valence-electron chi connectivity index (χ4n) is 1.29. The van der Waals surface area contributed by atoms with Crippen molar-refractivity contribution in [2.24, 2.45) is 0 Å². The number of esters is 1. The average Bonchev–Trinajstić information content (AvgIpc) is 2.40. The minimum Gasteiger partial charge on any atom is -0.422 e. The number of carbonyl (C=O) groups excluding carboxylic acids is 1. The molecular formula is C12H8N2O4. The van der Waals surface area contributed by atoms with Crippen molar-refractivity contribution in [2.75, 3.05) is 0 Å².